The smallest absolute Gasteiger partial charge is 0.230 e. The number of thioether (sulfide) groups is 1. The van der Waals surface area contributed by atoms with Crippen LogP contribution in [0.4, 0.5) is 0 Å². The molecule has 0 spiro atoms. The highest BCUT2D eigenvalue weighted by molar-refractivity contribution is 7.99. The summed E-state index contributed by atoms with van der Waals surface area (Å²) < 4.78 is 18.3. The zero-order chi connectivity index (χ0) is 22.3. The highest BCUT2D eigenvalue weighted by atomic mass is 32.2. The number of nitrogens with one attached hydrogen (secondary N) is 1. The molecule has 1 N–H and O–H groups in total. The molecule has 0 radical (unpaired) electrons. The number of aromatic nitrogens is 3. The summed E-state index contributed by atoms with van der Waals surface area (Å²) in [6, 6.07) is 18.8. The molecule has 1 amide bonds. The van der Waals surface area contributed by atoms with Crippen LogP contribution in [0.3, 0.4) is 0 Å². The SMILES string of the molecule is COc1ccc(OC)c(-n2c(SCC(=O)NCc3ccccc3)nnc2-c2ccco2)c1. The zero-order valence-corrected chi connectivity index (χ0v) is 18.5. The first-order valence-corrected chi connectivity index (χ1v) is 10.8. The van der Waals surface area contributed by atoms with Crippen molar-refractivity contribution in [1.82, 2.24) is 20.1 Å². The Morgan fingerprint density at radius 3 is 2.62 bits per heavy atom. The summed E-state index contributed by atoms with van der Waals surface area (Å²) in [6.45, 7) is 0.467. The van der Waals surface area contributed by atoms with Gasteiger partial charge in [-0.2, -0.15) is 0 Å². The third kappa shape index (κ3) is 4.78. The second kappa shape index (κ2) is 10.1. The summed E-state index contributed by atoms with van der Waals surface area (Å²) in [5.41, 5.74) is 1.71. The molecule has 0 unspecified atom stereocenters. The van der Waals surface area contributed by atoms with Crippen molar-refractivity contribution in [2.45, 2.75) is 11.7 Å². The standard InChI is InChI=1S/C23H22N4O4S/c1-29-17-10-11-19(30-2)18(13-17)27-22(20-9-6-12-31-20)25-26-23(27)32-15-21(28)24-14-16-7-4-3-5-8-16/h3-13H,14-15H2,1-2H3,(H,24,28). The molecule has 2 aromatic heterocycles. The molecule has 2 aromatic carbocycles. The minimum absolute atomic E-state index is 0.106. The second-order valence-electron chi connectivity index (χ2n) is 6.71. The first-order chi connectivity index (χ1) is 15.7. The molecule has 8 nitrogen and oxygen atoms in total. The van der Waals surface area contributed by atoms with Crippen LogP contribution < -0.4 is 14.8 Å². The third-order valence-corrected chi connectivity index (χ3v) is 5.60. The quantitative estimate of drug-likeness (QED) is 0.386. The number of rotatable bonds is 9. The van der Waals surface area contributed by atoms with E-state index in [1.54, 1.807) is 43.2 Å². The topological polar surface area (TPSA) is 91.4 Å². The van der Waals surface area contributed by atoms with Crippen molar-refractivity contribution in [3.05, 3.63) is 72.5 Å². The van der Waals surface area contributed by atoms with Crippen LogP contribution in [0.1, 0.15) is 5.56 Å². The number of ether oxygens (including phenoxy) is 2. The Balaban J connectivity index is 1.60. The van der Waals surface area contributed by atoms with E-state index in [-0.39, 0.29) is 11.7 Å². The van der Waals surface area contributed by atoms with Crippen LogP contribution in [0.2, 0.25) is 0 Å². The van der Waals surface area contributed by atoms with E-state index >= 15 is 0 Å². The van der Waals surface area contributed by atoms with Gasteiger partial charge in [-0.05, 0) is 29.8 Å². The molecule has 0 fully saturated rings. The van der Waals surface area contributed by atoms with Gasteiger partial charge < -0.3 is 19.2 Å². The molecular weight excluding hydrogens is 428 g/mol. The number of amides is 1. The molecule has 0 saturated carbocycles. The number of carbonyl (C=O) groups is 1. The first-order valence-electron chi connectivity index (χ1n) is 9.84. The van der Waals surface area contributed by atoms with Crippen LogP contribution in [0, 0.1) is 0 Å². The molecule has 9 heteroatoms. The summed E-state index contributed by atoms with van der Waals surface area (Å²) >= 11 is 1.28. The molecule has 164 valence electrons. The Morgan fingerprint density at radius 2 is 1.91 bits per heavy atom. The molecule has 2 heterocycles. The molecule has 0 aliphatic carbocycles. The van der Waals surface area contributed by atoms with Crippen molar-refractivity contribution in [3.8, 4) is 28.8 Å². The van der Waals surface area contributed by atoms with Gasteiger partial charge in [-0.25, -0.2) is 0 Å². The molecular formula is C23H22N4O4S. The molecule has 4 rings (SSSR count). The minimum atomic E-state index is -0.106. The predicted octanol–water partition coefficient (Wildman–Crippen LogP) is 3.95. The van der Waals surface area contributed by atoms with Crippen LogP contribution in [-0.2, 0) is 11.3 Å². The maximum absolute atomic E-state index is 12.4. The Hall–Kier alpha value is -3.72. The second-order valence-corrected chi connectivity index (χ2v) is 7.65. The Bertz CT molecular complexity index is 1180. The van der Waals surface area contributed by atoms with Gasteiger partial charge in [0.25, 0.3) is 0 Å². The van der Waals surface area contributed by atoms with Crippen LogP contribution in [0.15, 0.2) is 76.5 Å². The molecule has 0 atom stereocenters. The Kier molecular flexibility index (Phi) is 6.76. The lowest BCUT2D eigenvalue weighted by Gasteiger charge is -2.14. The van der Waals surface area contributed by atoms with Gasteiger partial charge in [0.15, 0.2) is 10.9 Å². The number of furan rings is 1. The largest absolute Gasteiger partial charge is 0.497 e. The van der Waals surface area contributed by atoms with E-state index in [0.717, 1.165) is 5.56 Å². The van der Waals surface area contributed by atoms with Crippen LogP contribution in [-0.4, -0.2) is 40.6 Å². The van der Waals surface area contributed by atoms with E-state index in [4.69, 9.17) is 13.9 Å². The summed E-state index contributed by atoms with van der Waals surface area (Å²) in [6.07, 6.45) is 1.57. The number of benzene rings is 2. The van der Waals surface area contributed by atoms with Crippen molar-refractivity contribution in [2.75, 3.05) is 20.0 Å². The zero-order valence-electron chi connectivity index (χ0n) is 17.6. The molecule has 4 aromatic rings. The van der Waals surface area contributed by atoms with Crippen molar-refractivity contribution < 1.29 is 18.7 Å². The highest BCUT2D eigenvalue weighted by Crippen LogP contribution is 2.34. The molecule has 0 bridgehead atoms. The maximum Gasteiger partial charge on any atom is 0.230 e. The van der Waals surface area contributed by atoms with Gasteiger partial charge in [0.2, 0.25) is 11.7 Å². The maximum atomic E-state index is 12.4. The average Bonchev–Trinajstić information content (AvgIpc) is 3.51. The number of hydrogen-bond acceptors (Lipinski definition) is 7. The van der Waals surface area contributed by atoms with Gasteiger partial charge in [-0.3, -0.25) is 9.36 Å². The fourth-order valence-electron chi connectivity index (χ4n) is 3.10. The molecule has 0 saturated heterocycles. The van der Waals surface area contributed by atoms with Gasteiger partial charge in [-0.15, -0.1) is 10.2 Å². The van der Waals surface area contributed by atoms with Gasteiger partial charge in [-0.1, -0.05) is 42.1 Å². The number of hydrogen-bond donors (Lipinski definition) is 1. The average molecular weight is 451 g/mol. The van der Waals surface area contributed by atoms with E-state index in [1.165, 1.54) is 11.8 Å². The van der Waals surface area contributed by atoms with Gasteiger partial charge in [0, 0.05) is 12.6 Å². The van der Waals surface area contributed by atoms with E-state index in [0.29, 0.717) is 40.5 Å². The minimum Gasteiger partial charge on any atom is -0.497 e. The van der Waals surface area contributed by atoms with Crippen LogP contribution in [0.5, 0.6) is 11.5 Å². The fourth-order valence-corrected chi connectivity index (χ4v) is 3.87. The van der Waals surface area contributed by atoms with Crippen molar-refractivity contribution in [2.24, 2.45) is 0 Å². The summed E-state index contributed by atoms with van der Waals surface area (Å²) in [4.78, 5) is 12.4. The van der Waals surface area contributed by atoms with Crippen molar-refractivity contribution >= 4 is 17.7 Å². The van der Waals surface area contributed by atoms with Gasteiger partial charge in [0.05, 0.1) is 31.9 Å². The van der Waals surface area contributed by atoms with E-state index < -0.39 is 0 Å². The summed E-state index contributed by atoms with van der Waals surface area (Å²) in [5, 5.41) is 12.1. The highest BCUT2D eigenvalue weighted by Gasteiger charge is 2.22. The lowest BCUT2D eigenvalue weighted by Crippen LogP contribution is -2.24. The Morgan fingerprint density at radius 1 is 1.06 bits per heavy atom. The van der Waals surface area contributed by atoms with Crippen molar-refractivity contribution in [1.29, 1.82) is 0 Å². The van der Waals surface area contributed by atoms with Gasteiger partial charge >= 0.3 is 0 Å². The molecule has 0 aliphatic rings. The van der Waals surface area contributed by atoms with Gasteiger partial charge in [0.1, 0.15) is 11.5 Å². The molecule has 32 heavy (non-hydrogen) atoms. The monoisotopic (exact) mass is 450 g/mol. The summed E-state index contributed by atoms with van der Waals surface area (Å²) in [7, 11) is 3.18. The number of carbonyl (C=O) groups excluding carboxylic acids is 1. The lowest BCUT2D eigenvalue weighted by molar-refractivity contribution is -0.118. The van der Waals surface area contributed by atoms with Crippen molar-refractivity contribution in [3.63, 3.8) is 0 Å². The number of methoxy groups -OCH3 is 2. The lowest BCUT2D eigenvalue weighted by atomic mass is 10.2. The van der Waals surface area contributed by atoms with E-state index in [1.807, 2.05) is 42.5 Å². The van der Waals surface area contributed by atoms with E-state index in [2.05, 4.69) is 15.5 Å². The van der Waals surface area contributed by atoms with E-state index in [9.17, 15) is 4.79 Å². The van der Waals surface area contributed by atoms with Crippen LogP contribution >= 0.6 is 11.8 Å². The summed E-state index contributed by atoms with van der Waals surface area (Å²) in [5.74, 6) is 2.36. The normalized spacial score (nSPS) is 10.7. The number of nitrogens with zero attached hydrogens (tertiary/aromatic N) is 3. The molecule has 0 aliphatic heterocycles. The Labute approximate surface area is 189 Å². The fraction of sp³-hybridized carbons (Fsp3) is 0.174. The third-order valence-electron chi connectivity index (χ3n) is 4.67. The van der Waals surface area contributed by atoms with Crippen LogP contribution in [0.25, 0.3) is 17.3 Å². The predicted molar refractivity (Wildman–Crippen MR) is 121 cm³/mol. The first kappa shape index (κ1) is 21.5.